The van der Waals surface area contributed by atoms with Crippen LogP contribution < -0.4 is 10.5 Å². The zero-order chi connectivity index (χ0) is 17.9. The first-order chi connectivity index (χ1) is 11.4. The van der Waals surface area contributed by atoms with Crippen molar-refractivity contribution in [3.05, 3.63) is 52.6 Å². The number of nitrogens with two attached hydrogens (primary N) is 1. The average molecular weight is 328 g/mol. The Morgan fingerprint density at radius 2 is 1.96 bits per heavy atom. The molecular weight excluding hydrogens is 308 g/mol. The zero-order valence-electron chi connectivity index (χ0n) is 14.1. The maximum atomic E-state index is 12.2. The van der Waals surface area contributed by atoms with Gasteiger partial charge in [-0.05, 0) is 38.5 Å². The highest BCUT2D eigenvalue weighted by Crippen LogP contribution is 2.39. The maximum Gasteiger partial charge on any atom is 0.338 e. The summed E-state index contributed by atoms with van der Waals surface area (Å²) in [5.41, 5.74) is 7.01. The molecule has 0 aliphatic carbocycles. The summed E-state index contributed by atoms with van der Waals surface area (Å²) in [6.07, 6.45) is 0.0527. The Hall–Kier alpha value is -2.94. The lowest BCUT2D eigenvalue weighted by atomic mass is 9.83. The lowest BCUT2D eigenvalue weighted by Crippen LogP contribution is -2.25. The lowest BCUT2D eigenvalue weighted by Gasteiger charge is -2.26. The number of carbonyl (C=O) groups is 1. The van der Waals surface area contributed by atoms with Crippen molar-refractivity contribution in [1.29, 1.82) is 5.26 Å². The van der Waals surface area contributed by atoms with Gasteiger partial charge in [0.1, 0.15) is 23.2 Å². The summed E-state index contributed by atoms with van der Waals surface area (Å²) < 4.78 is 15.8. The third-order valence-corrected chi connectivity index (χ3v) is 3.60. The molecule has 6 nitrogen and oxygen atoms in total. The third kappa shape index (κ3) is 3.35. The van der Waals surface area contributed by atoms with Crippen LogP contribution in [0.15, 0.2) is 47.1 Å². The van der Waals surface area contributed by atoms with Crippen molar-refractivity contribution in [3.8, 4) is 11.8 Å². The number of esters is 1. The molecule has 2 N–H and O–H groups in total. The minimum atomic E-state index is -0.635. The van der Waals surface area contributed by atoms with Gasteiger partial charge in [-0.1, -0.05) is 12.1 Å². The van der Waals surface area contributed by atoms with Gasteiger partial charge in [0.25, 0.3) is 0 Å². The summed E-state index contributed by atoms with van der Waals surface area (Å²) in [7, 11) is 1.28. The molecule has 1 aliphatic heterocycles. The molecule has 0 aromatic heterocycles. The van der Waals surface area contributed by atoms with Gasteiger partial charge in [0.2, 0.25) is 5.88 Å². The Balaban J connectivity index is 2.50. The molecule has 1 atom stereocenters. The Morgan fingerprint density at radius 1 is 1.33 bits per heavy atom. The highest BCUT2D eigenvalue weighted by atomic mass is 16.5. The summed E-state index contributed by atoms with van der Waals surface area (Å²) in [5, 5.41) is 9.46. The molecule has 0 amide bonds. The van der Waals surface area contributed by atoms with E-state index < -0.39 is 11.9 Å². The SMILES string of the molecule is COC(=O)C1=C(C)OC(N)=C(C#N)C1c1ccc(OC(C)C)cc1. The van der Waals surface area contributed by atoms with Gasteiger partial charge in [0, 0.05) is 0 Å². The molecule has 1 aromatic carbocycles. The quantitative estimate of drug-likeness (QED) is 0.854. The van der Waals surface area contributed by atoms with Crippen LogP contribution in [-0.4, -0.2) is 19.2 Å². The van der Waals surface area contributed by atoms with Crippen LogP contribution in [0.5, 0.6) is 5.75 Å². The number of rotatable bonds is 4. The molecule has 1 aromatic rings. The van der Waals surface area contributed by atoms with E-state index >= 15 is 0 Å². The van der Waals surface area contributed by atoms with E-state index in [-0.39, 0.29) is 23.1 Å². The molecule has 1 aliphatic rings. The molecule has 0 spiro atoms. The van der Waals surface area contributed by atoms with Crippen molar-refractivity contribution in [1.82, 2.24) is 0 Å². The maximum absolute atomic E-state index is 12.2. The van der Waals surface area contributed by atoms with Crippen molar-refractivity contribution in [2.24, 2.45) is 5.73 Å². The van der Waals surface area contributed by atoms with Crippen molar-refractivity contribution < 1.29 is 19.0 Å². The largest absolute Gasteiger partial charge is 0.491 e. The number of benzene rings is 1. The van der Waals surface area contributed by atoms with Crippen LogP contribution in [0.2, 0.25) is 0 Å². The van der Waals surface area contributed by atoms with Crippen LogP contribution in [0.3, 0.4) is 0 Å². The zero-order valence-corrected chi connectivity index (χ0v) is 14.1. The first-order valence-electron chi connectivity index (χ1n) is 7.52. The van der Waals surface area contributed by atoms with E-state index in [1.807, 2.05) is 19.9 Å². The van der Waals surface area contributed by atoms with E-state index in [1.54, 1.807) is 31.2 Å². The molecule has 0 saturated carbocycles. The molecule has 1 heterocycles. The predicted molar refractivity (Wildman–Crippen MR) is 87.6 cm³/mol. The van der Waals surface area contributed by atoms with Crippen LogP contribution in [0, 0.1) is 11.3 Å². The highest BCUT2D eigenvalue weighted by Gasteiger charge is 2.35. The van der Waals surface area contributed by atoms with E-state index in [4.69, 9.17) is 19.9 Å². The average Bonchev–Trinajstić information content (AvgIpc) is 2.54. The molecule has 126 valence electrons. The Morgan fingerprint density at radius 3 is 2.46 bits per heavy atom. The van der Waals surface area contributed by atoms with Gasteiger partial charge in [-0.2, -0.15) is 5.26 Å². The second-order valence-corrected chi connectivity index (χ2v) is 5.62. The number of allylic oxidation sites excluding steroid dienone is 2. The fraction of sp³-hybridized carbons (Fsp3) is 0.333. The third-order valence-electron chi connectivity index (χ3n) is 3.60. The van der Waals surface area contributed by atoms with Crippen LogP contribution in [0.4, 0.5) is 0 Å². The highest BCUT2D eigenvalue weighted by molar-refractivity contribution is 5.92. The molecule has 1 unspecified atom stereocenters. The number of hydrogen-bond acceptors (Lipinski definition) is 6. The Labute approximate surface area is 141 Å². The van der Waals surface area contributed by atoms with Crippen LogP contribution in [-0.2, 0) is 14.3 Å². The van der Waals surface area contributed by atoms with Gasteiger partial charge in [-0.25, -0.2) is 4.79 Å². The summed E-state index contributed by atoms with van der Waals surface area (Å²) in [6.45, 7) is 5.49. The predicted octanol–water partition coefficient (Wildman–Crippen LogP) is 2.73. The number of carbonyl (C=O) groups excluding carboxylic acids is 1. The van der Waals surface area contributed by atoms with Crippen LogP contribution in [0.1, 0.15) is 32.3 Å². The minimum absolute atomic E-state index is 0.00448. The first kappa shape index (κ1) is 17.4. The Kier molecular flexibility index (Phi) is 5.14. The summed E-state index contributed by atoms with van der Waals surface area (Å²) in [6, 6.07) is 9.22. The van der Waals surface area contributed by atoms with E-state index in [0.717, 1.165) is 5.56 Å². The fourth-order valence-electron chi connectivity index (χ4n) is 2.60. The molecule has 0 bridgehead atoms. The smallest absolute Gasteiger partial charge is 0.338 e. The first-order valence-corrected chi connectivity index (χ1v) is 7.52. The van der Waals surface area contributed by atoms with Gasteiger partial charge in [-0.15, -0.1) is 0 Å². The van der Waals surface area contributed by atoms with Gasteiger partial charge >= 0.3 is 5.97 Å². The lowest BCUT2D eigenvalue weighted by molar-refractivity contribution is -0.136. The fourth-order valence-corrected chi connectivity index (χ4v) is 2.60. The molecule has 0 fully saturated rings. The monoisotopic (exact) mass is 328 g/mol. The molecule has 2 rings (SSSR count). The summed E-state index contributed by atoms with van der Waals surface area (Å²) >= 11 is 0. The van der Waals surface area contributed by atoms with E-state index in [0.29, 0.717) is 11.5 Å². The van der Waals surface area contributed by atoms with Crippen molar-refractivity contribution >= 4 is 5.97 Å². The van der Waals surface area contributed by atoms with E-state index in [9.17, 15) is 10.1 Å². The number of hydrogen-bond donors (Lipinski definition) is 1. The molecule has 0 radical (unpaired) electrons. The van der Waals surface area contributed by atoms with Gasteiger partial charge in [0.15, 0.2) is 0 Å². The van der Waals surface area contributed by atoms with Crippen LogP contribution >= 0.6 is 0 Å². The van der Waals surface area contributed by atoms with Crippen molar-refractivity contribution in [2.75, 3.05) is 7.11 Å². The Bertz CT molecular complexity index is 739. The molecule has 6 heteroatoms. The van der Waals surface area contributed by atoms with Crippen molar-refractivity contribution in [3.63, 3.8) is 0 Å². The number of methoxy groups -OCH3 is 1. The molecular formula is C18H20N2O4. The second-order valence-electron chi connectivity index (χ2n) is 5.62. The van der Waals surface area contributed by atoms with Crippen molar-refractivity contribution in [2.45, 2.75) is 32.8 Å². The van der Waals surface area contributed by atoms with Gasteiger partial charge in [-0.3, -0.25) is 0 Å². The standard InChI is InChI=1S/C18H20N2O4/c1-10(2)23-13-7-5-12(6-8-13)16-14(9-19)17(20)24-11(3)15(16)18(21)22-4/h5-8,10,16H,20H2,1-4H3. The number of nitrogens with zero attached hydrogens (tertiary/aromatic N) is 1. The van der Waals surface area contributed by atoms with Gasteiger partial charge in [0.05, 0.1) is 24.7 Å². The van der Waals surface area contributed by atoms with E-state index in [2.05, 4.69) is 0 Å². The summed E-state index contributed by atoms with van der Waals surface area (Å²) in [5.74, 6) is -0.165. The normalized spacial score (nSPS) is 17.4. The minimum Gasteiger partial charge on any atom is -0.491 e. The van der Waals surface area contributed by atoms with Crippen LogP contribution in [0.25, 0.3) is 0 Å². The topological polar surface area (TPSA) is 94.6 Å². The number of ether oxygens (including phenoxy) is 3. The van der Waals surface area contributed by atoms with E-state index in [1.165, 1.54) is 7.11 Å². The summed E-state index contributed by atoms with van der Waals surface area (Å²) in [4.78, 5) is 12.2. The second kappa shape index (κ2) is 7.09. The number of nitriles is 1. The molecule has 0 saturated heterocycles. The molecule has 24 heavy (non-hydrogen) atoms. The van der Waals surface area contributed by atoms with Gasteiger partial charge < -0.3 is 19.9 Å².